The van der Waals surface area contributed by atoms with Crippen molar-refractivity contribution in [2.24, 2.45) is 11.8 Å². The van der Waals surface area contributed by atoms with Crippen molar-refractivity contribution < 1.29 is 4.79 Å². The van der Waals surface area contributed by atoms with Gasteiger partial charge in [0.05, 0.1) is 6.54 Å². The predicted molar refractivity (Wildman–Crippen MR) is 91.5 cm³/mol. The van der Waals surface area contributed by atoms with Gasteiger partial charge in [0.15, 0.2) is 5.78 Å². The van der Waals surface area contributed by atoms with Crippen molar-refractivity contribution in [2.45, 2.75) is 34.1 Å². The van der Waals surface area contributed by atoms with Crippen molar-refractivity contribution >= 4 is 16.7 Å². The maximum atomic E-state index is 12.8. The molecule has 1 aromatic heterocycles. The fraction of sp³-hybridized carbons (Fsp3) is 0.526. The van der Waals surface area contributed by atoms with Gasteiger partial charge in [0.1, 0.15) is 0 Å². The zero-order valence-electron chi connectivity index (χ0n) is 14.1. The number of aromatic nitrogens is 1. The van der Waals surface area contributed by atoms with E-state index < -0.39 is 0 Å². The number of hydrogen-bond donors (Lipinski definition) is 1. The maximum Gasteiger partial charge on any atom is 0.179 e. The van der Waals surface area contributed by atoms with Gasteiger partial charge in [-0.3, -0.25) is 9.69 Å². The molecule has 22 heavy (non-hydrogen) atoms. The number of carbonyl (C=O) groups is 1. The molecule has 3 rings (SSSR count). The van der Waals surface area contributed by atoms with Crippen molar-refractivity contribution in [3.8, 4) is 0 Å². The summed E-state index contributed by atoms with van der Waals surface area (Å²) in [7, 11) is 0. The van der Waals surface area contributed by atoms with Crippen LogP contribution >= 0.6 is 0 Å². The molecule has 1 aliphatic heterocycles. The summed E-state index contributed by atoms with van der Waals surface area (Å²) in [6.07, 6.45) is 1.27. The number of hydrogen-bond acceptors (Lipinski definition) is 2. The van der Waals surface area contributed by atoms with E-state index in [1.54, 1.807) is 0 Å². The number of H-pyrrole nitrogens is 1. The van der Waals surface area contributed by atoms with Gasteiger partial charge in [-0.1, -0.05) is 26.0 Å². The van der Waals surface area contributed by atoms with Crippen LogP contribution in [0, 0.1) is 25.7 Å². The Hall–Kier alpha value is -1.61. The van der Waals surface area contributed by atoms with Crippen LogP contribution in [0.25, 0.3) is 10.9 Å². The summed E-state index contributed by atoms with van der Waals surface area (Å²) in [5.41, 5.74) is 4.15. The Bertz CT molecular complexity index is 691. The van der Waals surface area contributed by atoms with Crippen molar-refractivity contribution in [3.05, 3.63) is 35.0 Å². The van der Waals surface area contributed by atoms with Crippen LogP contribution in [0.5, 0.6) is 0 Å². The third kappa shape index (κ3) is 2.95. The molecule has 2 heterocycles. The molecular weight excluding hydrogens is 272 g/mol. The third-order valence-electron chi connectivity index (χ3n) is 4.73. The second kappa shape index (κ2) is 5.88. The van der Waals surface area contributed by atoms with Crippen molar-refractivity contribution in [1.29, 1.82) is 0 Å². The summed E-state index contributed by atoms with van der Waals surface area (Å²) in [6.45, 7) is 11.3. The van der Waals surface area contributed by atoms with Gasteiger partial charge >= 0.3 is 0 Å². The summed E-state index contributed by atoms with van der Waals surface area (Å²) in [5.74, 6) is 1.61. The molecular formula is C19H26N2O. The fourth-order valence-electron chi connectivity index (χ4n) is 4.01. The topological polar surface area (TPSA) is 36.1 Å². The number of fused-ring (bicyclic) bond motifs is 1. The number of aryl methyl sites for hydroxylation is 2. The lowest BCUT2D eigenvalue weighted by atomic mass is 9.91. The minimum absolute atomic E-state index is 0.244. The van der Waals surface area contributed by atoms with Crippen molar-refractivity contribution in [2.75, 3.05) is 19.6 Å². The normalized spacial score (nSPS) is 23.1. The molecule has 0 aliphatic carbocycles. The molecule has 0 bridgehead atoms. The molecule has 0 saturated carbocycles. The number of aromatic amines is 1. The number of benzene rings is 1. The Morgan fingerprint density at radius 1 is 1.23 bits per heavy atom. The molecule has 1 fully saturated rings. The maximum absolute atomic E-state index is 12.8. The van der Waals surface area contributed by atoms with Crippen LogP contribution in [0.4, 0.5) is 0 Å². The molecule has 118 valence electrons. The van der Waals surface area contributed by atoms with Crippen molar-refractivity contribution in [3.63, 3.8) is 0 Å². The molecule has 0 amide bonds. The average Bonchev–Trinajstić information content (AvgIpc) is 2.72. The zero-order valence-corrected chi connectivity index (χ0v) is 14.1. The first-order chi connectivity index (χ1) is 10.4. The van der Waals surface area contributed by atoms with Crippen LogP contribution in [0.2, 0.25) is 0 Å². The van der Waals surface area contributed by atoms with Gasteiger partial charge in [0.25, 0.3) is 0 Å². The minimum Gasteiger partial charge on any atom is -0.358 e. The Morgan fingerprint density at radius 3 is 2.59 bits per heavy atom. The lowest BCUT2D eigenvalue weighted by Crippen LogP contribution is -2.41. The molecule has 2 atom stereocenters. The quantitative estimate of drug-likeness (QED) is 0.871. The first-order valence-corrected chi connectivity index (χ1v) is 8.28. The molecule has 1 aromatic carbocycles. The summed E-state index contributed by atoms with van der Waals surface area (Å²) < 4.78 is 0. The number of nitrogens with one attached hydrogen (secondary N) is 1. The van der Waals surface area contributed by atoms with E-state index in [-0.39, 0.29) is 5.78 Å². The van der Waals surface area contributed by atoms with Crippen LogP contribution in [0.3, 0.4) is 0 Å². The van der Waals surface area contributed by atoms with Gasteiger partial charge in [-0.25, -0.2) is 0 Å². The number of piperidine rings is 1. The summed E-state index contributed by atoms with van der Waals surface area (Å²) in [5, 5.41) is 1.06. The number of likely N-dealkylation sites (tertiary alicyclic amines) is 1. The SMILES string of the molecule is Cc1ccc2c(C(=O)CN3C[C@H](C)C[C@H](C)C3)c(C)[nH]c2c1. The second-order valence-electron chi connectivity index (χ2n) is 7.24. The first-order valence-electron chi connectivity index (χ1n) is 8.28. The smallest absolute Gasteiger partial charge is 0.179 e. The number of rotatable bonds is 3. The fourth-order valence-corrected chi connectivity index (χ4v) is 4.01. The molecule has 2 aromatic rings. The average molecular weight is 298 g/mol. The molecule has 3 nitrogen and oxygen atoms in total. The first kappa shape index (κ1) is 15.3. The lowest BCUT2D eigenvalue weighted by molar-refractivity contribution is 0.0850. The number of carbonyl (C=O) groups excluding carboxylic acids is 1. The van der Waals surface area contributed by atoms with E-state index in [9.17, 15) is 4.79 Å². The van der Waals surface area contributed by atoms with Crippen LogP contribution < -0.4 is 0 Å². The highest BCUT2D eigenvalue weighted by atomic mass is 16.1. The monoisotopic (exact) mass is 298 g/mol. The Balaban J connectivity index is 1.84. The lowest BCUT2D eigenvalue weighted by Gasteiger charge is -2.34. The van der Waals surface area contributed by atoms with Gasteiger partial charge in [0, 0.05) is 35.2 Å². The minimum atomic E-state index is 0.244. The Morgan fingerprint density at radius 2 is 1.91 bits per heavy atom. The van der Waals surface area contributed by atoms with Crippen LogP contribution in [-0.2, 0) is 0 Å². The van der Waals surface area contributed by atoms with Crippen LogP contribution in [0.1, 0.15) is 41.9 Å². The van der Waals surface area contributed by atoms with Gasteiger partial charge in [-0.15, -0.1) is 0 Å². The third-order valence-corrected chi connectivity index (χ3v) is 4.73. The second-order valence-corrected chi connectivity index (χ2v) is 7.24. The van der Waals surface area contributed by atoms with Crippen LogP contribution in [-0.4, -0.2) is 35.3 Å². The summed E-state index contributed by atoms with van der Waals surface area (Å²) in [4.78, 5) is 18.5. The van der Waals surface area contributed by atoms with E-state index in [0.29, 0.717) is 18.4 Å². The van der Waals surface area contributed by atoms with Gasteiger partial charge in [-0.05, 0) is 43.7 Å². The standard InChI is InChI=1S/C19H26N2O/c1-12-5-6-16-17(8-12)20-15(4)19(16)18(22)11-21-9-13(2)7-14(3)10-21/h5-6,8,13-14,20H,7,9-11H2,1-4H3/t13-,14+. The predicted octanol–water partition coefficient (Wildman–Crippen LogP) is 3.95. The van der Waals surface area contributed by atoms with E-state index in [4.69, 9.17) is 0 Å². The molecule has 0 radical (unpaired) electrons. The Kier molecular flexibility index (Phi) is 4.09. The van der Waals surface area contributed by atoms with E-state index >= 15 is 0 Å². The Labute approximate surface area is 132 Å². The van der Waals surface area contributed by atoms with Gasteiger partial charge in [-0.2, -0.15) is 0 Å². The van der Waals surface area contributed by atoms with E-state index in [0.717, 1.165) is 35.2 Å². The summed E-state index contributed by atoms with van der Waals surface area (Å²) >= 11 is 0. The molecule has 1 N–H and O–H groups in total. The van der Waals surface area contributed by atoms with Gasteiger partial charge in [0.2, 0.25) is 0 Å². The molecule has 0 unspecified atom stereocenters. The number of nitrogens with zero attached hydrogens (tertiary/aromatic N) is 1. The highest BCUT2D eigenvalue weighted by molar-refractivity contribution is 6.10. The molecule has 1 aliphatic rings. The van der Waals surface area contributed by atoms with Crippen LogP contribution in [0.15, 0.2) is 18.2 Å². The zero-order chi connectivity index (χ0) is 15.9. The van der Waals surface area contributed by atoms with E-state index in [2.05, 4.69) is 48.9 Å². The number of Topliss-reactive ketones (excluding diaryl/α,β-unsaturated/α-hetero) is 1. The van der Waals surface area contributed by atoms with E-state index in [1.807, 2.05) is 6.92 Å². The molecule has 3 heteroatoms. The largest absolute Gasteiger partial charge is 0.358 e. The molecule has 1 saturated heterocycles. The molecule has 0 spiro atoms. The number of ketones is 1. The van der Waals surface area contributed by atoms with Gasteiger partial charge < -0.3 is 4.98 Å². The highest BCUT2D eigenvalue weighted by Gasteiger charge is 2.25. The van der Waals surface area contributed by atoms with Crippen molar-refractivity contribution in [1.82, 2.24) is 9.88 Å². The highest BCUT2D eigenvalue weighted by Crippen LogP contribution is 2.25. The van der Waals surface area contributed by atoms with E-state index in [1.165, 1.54) is 12.0 Å². The summed E-state index contributed by atoms with van der Waals surface area (Å²) in [6, 6.07) is 6.27.